The first-order valence-electron chi connectivity index (χ1n) is 23.3. The predicted molar refractivity (Wildman–Crippen MR) is 272 cm³/mol. The van der Waals surface area contributed by atoms with Crippen molar-refractivity contribution < 1.29 is 0 Å². The third kappa shape index (κ3) is 4.64. The fourth-order valence-electron chi connectivity index (χ4n) is 13.2. The van der Waals surface area contributed by atoms with Gasteiger partial charge in [0.2, 0.25) is 0 Å². The molecule has 2 spiro atoms. The Bertz CT molecular complexity index is 3500. The Hall–Kier alpha value is -8.00. The van der Waals surface area contributed by atoms with Crippen molar-refractivity contribution in [2.24, 2.45) is 0 Å². The molecule has 0 amide bonds. The summed E-state index contributed by atoms with van der Waals surface area (Å²) < 4.78 is 0. The highest BCUT2D eigenvalue weighted by Crippen LogP contribution is 2.68. The van der Waals surface area contributed by atoms with Crippen LogP contribution < -0.4 is 4.90 Å². The van der Waals surface area contributed by atoms with Crippen molar-refractivity contribution in [3.8, 4) is 44.5 Å². The quantitative estimate of drug-likeness (QED) is 0.171. The molecule has 0 fully saturated rings. The van der Waals surface area contributed by atoms with E-state index in [0.717, 1.165) is 17.1 Å². The van der Waals surface area contributed by atoms with Crippen LogP contribution in [0.25, 0.3) is 44.5 Å². The van der Waals surface area contributed by atoms with Crippen molar-refractivity contribution in [3.63, 3.8) is 0 Å². The maximum Gasteiger partial charge on any atom is 0.0725 e. The first kappa shape index (κ1) is 37.4. The molecule has 0 unspecified atom stereocenters. The molecule has 0 aromatic heterocycles. The van der Waals surface area contributed by atoms with E-state index >= 15 is 0 Å². The van der Waals surface area contributed by atoms with Crippen LogP contribution in [0.5, 0.6) is 0 Å². The van der Waals surface area contributed by atoms with Gasteiger partial charge in [-0.25, -0.2) is 0 Å². The minimum Gasteiger partial charge on any atom is -0.310 e. The van der Waals surface area contributed by atoms with Gasteiger partial charge in [0.15, 0.2) is 0 Å². The molecule has 10 aromatic carbocycles. The molecule has 0 atom stereocenters. The van der Waals surface area contributed by atoms with Crippen molar-refractivity contribution in [3.05, 3.63) is 292 Å². The highest BCUT2D eigenvalue weighted by Gasteiger charge is 2.59. The van der Waals surface area contributed by atoms with Gasteiger partial charge in [-0.3, -0.25) is 0 Å². The Morgan fingerprint density at radius 3 is 1.17 bits per heavy atom. The molecule has 0 N–H and O–H groups in total. The summed E-state index contributed by atoms with van der Waals surface area (Å²) in [7, 11) is 0. The maximum atomic E-state index is 2.54. The molecule has 0 aliphatic heterocycles. The Kier molecular flexibility index (Phi) is 7.66. The van der Waals surface area contributed by atoms with E-state index in [4.69, 9.17) is 0 Å². The van der Waals surface area contributed by atoms with Gasteiger partial charge in [0.25, 0.3) is 0 Å². The number of nitrogens with zero attached hydrogens (tertiary/aromatic N) is 1. The van der Waals surface area contributed by atoms with E-state index in [-0.39, 0.29) is 5.41 Å². The summed E-state index contributed by atoms with van der Waals surface area (Å²) in [6.45, 7) is 4.84. The lowest BCUT2D eigenvalue weighted by Crippen LogP contribution is -2.44. The summed E-state index contributed by atoms with van der Waals surface area (Å²) in [6, 6.07) is 89.5. The minimum atomic E-state index is -0.571. The SMILES string of the molecule is CC1(C)c2cc(-c3cccc4c3C3(c5ccccc5-c5ccccc53)c3ccccc3C43c4ccccc4-c4ccccc43)ccc2-c2ccc(N(c3ccccc3)c3ccccc3)cc21. The van der Waals surface area contributed by atoms with Crippen molar-refractivity contribution in [1.29, 1.82) is 0 Å². The van der Waals surface area contributed by atoms with Gasteiger partial charge in [-0.05, 0) is 143 Å². The van der Waals surface area contributed by atoms with Crippen LogP contribution in [0.3, 0.4) is 0 Å². The molecule has 4 aliphatic rings. The maximum absolute atomic E-state index is 2.54. The molecule has 10 aromatic rings. The van der Waals surface area contributed by atoms with Gasteiger partial charge in [-0.1, -0.05) is 208 Å². The average Bonchev–Trinajstić information content (AvgIpc) is 3.93. The normalized spacial score (nSPS) is 15.2. The number of hydrogen-bond acceptors (Lipinski definition) is 1. The molecule has 14 rings (SSSR count). The standard InChI is InChI=1S/C65H45N/c1-63(2)60-40-42(36-38-51(60)52-39-37-45(41-61(52)63)66(43-20-5-3-6-21-43)44-22-7-4-8-23-44)46-28-19-35-59-62(46)65(55-31-15-11-26-49(55)50-27-12-16-32-56(50)65)58-34-18-17-33-57(58)64(59)53-29-13-9-24-47(53)48-25-10-14-30-54(48)64/h3-41H,1-2H3. The van der Waals surface area contributed by atoms with E-state index < -0.39 is 10.8 Å². The van der Waals surface area contributed by atoms with Crippen LogP contribution >= 0.6 is 0 Å². The Balaban J connectivity index is 1.04. The third-order valence-electron chi connectivity index (χ3n) is 15.7. The van der Waals surface area contributed by atoms with E-state index in [9.17, 15) is 0 Å². The van der Waals surface area contributed by atoms with Crippen LogP contribution in [-0.4, -0.2) is 0 Å². The molecular formula is C65H45N. The van der Waals surface area contributed by atoms with E-state index in [2.05, 4.69) is 255 Å². The molecule has 0 bridgehead atoms. The smallest absolute Gasteiger partial charge is 0.0725 e. The molecule has 1 nitrogen and oxygen atoms in total. The van der Waals surface area contributed by atoms with Crippen molar-refractivity contribution >= 4 is 17.1 Å². The van der Waals surface area contributed by atoms with Crippen molar-refractivity contribution in [1.82, 2.24) is 0 Å². The predicted octanol–water partition coefficient (Wildman–Crippen LogP) is 16.2. The van der Waals surface area contributed by atoms with Gasteiger partial charge in [-0.15, -0.1) is 0 Å². The molecule has 4 aliphatic carbocycles. The van der Waals surface area contributed by atoms with E-state index in [1.165, 1.54) is 100 Å². The van der Waals surface area contributed by atoms with Crippen LogP contribution in [0.2, 0.25) is 0 Å². The zero-order valence-electron chi connectivity index (χ0n) is 37.0. The number of para-hydroxylation sites is 2. The second-order valence-electron chi connectivity index (χ2n) is 19.1. The van der Waals surface area contributed by atoms with Gasteiger partial charge >= 0.3 is 0 Å². The van der Waals surface area contributed by atoms with E-state index in [0.29, 0.717) is 0 Å². The lowest BCUT2D eigenvalue weighted by Gasteiger charge is -2.49. The minimum absolute atomic E-state index is 0.258. The second kappa shape index (κ2) is 13.5. The number of benzene rings is 10. The lowest BCUT2D eigenvalue weighted by atomic mass is 9.51. The van der Waals surface area contributed by atoms with Crippen LogP contribution in [-0.2, 0) is 16.2 Å². The third-order valence-corrected chi connectivity index (χ3v) is 15.7. The first-order valence-corrected chi connectivity index (χ1v) is 23.3. The number of rotatable bonds is 4. The second-order valence-corrected chi connectivity index (χ2v) is 19.1. The zero-order chi connectivity index (χ0) is 43.8. The van der Waals surface area contributed by atoms with Gasteiger partial charge < -0.3 is 4.90 Å². The summed E-state index contributed by atoms with van der Waals surface area (Å²) in [5.41, 5.74) is 26.1. The number of fused-ring (bicyclic) bond motifs is 19. The van der Waals surface area contributed by atoms with Crippen LogP contribution in [0, 0.1) is 0 Å². The molecule has 310 valence electrons. The molecule has 0 saturated carbocycles. The van der Waals surface area contributed by atoms with Crippen LogP contribution in [0.15, 0.2) is 237 Å². The van der Waals surface area contributed by atoms with Gasteiger partial charge in [-0.2, -0.15) is 0 Å². The summed E-state index contributed by atoms with van der Waals surface area (Å²) >= 11 is 0. The van der Waals surface area contributed by atoms with Gasteiger partial charge in [0, 0.05) is 22.5 Å². The lowest BCUT2D eigenvalue weighted by molar-refractivity contribution is 0.634. The highest BCUT2D eigenvalue weighted by atomic mass is 15.1. The molecule has 66 heavy (non-hydrogen) atoms. The molecule has 0 radical (unpaired) electrons. The largest absolute Gasteiger partial charge is 0.310 e. The highest BCUT2D eigenvalue weighted by molar-refractivity contribution is 5.97. The first-order chi connectivity index (χ1) is 32.5. The number of hydrogen-bond donors (Lipinski definition) is 0. The van der Waals surface area contributed by atoms with E-state index in [1.54, 1.807) is 0 Å². The van der Waals surface area contributed by atoms with Crippen molar-refractivity contribution in [2.75, 3.05) is 4.90 Å². The molecule has 0 saturated heterocycles. The summed E-state index contributed by atoms with van der Waals surface area (Å²) in [5.74, 6) is 0. The van der Waals surface area contributed by atoms with Crippen LogP contribution in [0.4, 0.5) is 17.1 Å². The van der Waals surface area contributed by atoms with Gasteiger partial charge in [0.1, 0.15) is 0 Å². The average molecular weight is 840 g/mol. The molecule has 0 heterocycles. The Morgan fingerprint density at radius 2 is 0.636 bits per heavy atom. The van der Waals surface area contributed by atoms with Gasteiger partial charge in [0.05, 0.1) is 10.8 Å². The Labute approximate surface area is 387 Å². The summed E-state index contributed by atoms with van der Waals surface area (Å²) in [5, 5.41) is 0. The molecular weight excluding hydrogens is 795 g/mol. The zero-order valence-corrected chi connectivity index (χ0v) is 37.0. The van der Waals surface area contributed by atoms with Crippen molar-refractivity contribution in [2.45, 2.75) is 30.1 Å². The Morgan fingerprint density at radius 1 is 0.258 bits per heavy atom. The monoisotopic (exact) mass is 839 g/mol. The number of anilines is 3. The van der Waals surface area contributed by atoms with E-state index in [1.807, 2.05) is 0 Å². The fourth-order valence-corrected chi connectivity index (χ4v) is 13.2. The molecule has 1 heteroatoms. The summed E-state index contributed by atoms with van der Waals surface area (Å²) in [6.07, 6.45) is 0. The van der Waals surface area contributed by atoms with Crippen LogP contribution in [0.1, 0.15) is 69.5 Å². The topological polar surface area (TPSA) is 3.24 Å². The summed E-state index contributed by atoms with van der Waals surface area (Å²) in [4.78, 5) is 2.38. The fraction of sp³-hybridized carbons (Fsp3) is 0.0769.